The summed E-state index contributed by atoms with van der Waals surface area (Å²) in [6, 6.07) is 19.2. The highest BCUT2D eigenvalue weighted by Gasteiger charge is 2.21. The number of rotatable bonds is 8. The zero-order valence-corrected chi connectivity index (χ0v) is 24.8. The molecule has 2 aliphatic carbocycles. The Balaban J connectivity index is 0.00000115. The van der Waals surface area contributed by atoms with Gasteiger partial charge in [0.05, 0.1) is 0 Å². The predicted molar refractivity (Wildman–Crippen MR) is 173 cm³/mol. The lowest BCUT2D eigenvalue weighted by atomic mass is 9.87. The van der Waals surface area contributed by atoms with E-state index in [4.69, 9.17) is 5.73 Å². The molecular weight excluding hydrogens is 488 g/mol. The van der Waals surface area contributed by atoms with E-state index < -0.39 is 0 Å². The molecule has 0 saturated heterocycles. The first-order valence-electron chi connectivity index (χ1n) is 15.3. The predicted octanol–water partition coefficient (Wildman–Crippen LogP) is 10.1. The summed E-state index contributed by atoms with van der Waals surface area (Å²) in [4.78, 5) is 16.8. The SMILES string of the molecule is C1CC1.C=C(C)c1ccc2cc(-c3ccc(C(N)=NC(=O)C4CCCCC4)cc3)ccc2c1/C(=C/CC)CCC. The minimum atomic E-state index is -0.0692. The van der Waals surface area contributed by atoms with Crippen molar-refractivity contribution < 1.29 is 4.79 Å². The number of hydrogen-bond donors (Lipinski definition) is 1. The zero-order chi connectivity index (χ0) is 28.5. The zero-order valence-electron chi connectivity index (χ0n) is 24.8. The molecule has 0 aliphatic heterocycles. The summed E-state index contributed by atoms with van der Waals surface area (Å²) in [5, 5.41) is 2.49. The van der Waals surface area contributed by atoms with Gasteiger partial charge in [0.15, 0.2) is 0 Å². The third-order valence-electron chi connectivity index (χ3n) is 7.82. The largest absolute Gasteiger partial charge is 0.383 e. The molecule has 3 aromatic rings. The summed E-state index contributed by atoms with van der Waals surface area (Å²) < 4.78 is 0. The summed E-state index contributed by atoms with van der Waals surface area (Å²) >= 11 is 0. The highest BCUT2D eigenvalue weighted by Crippen LogP contribution is 2.36. The monoisotopic (exact) mass is 534 g/mol. The van der Waals surface area contributed by atoms with Gasteiger partial charge in [-0.15, -0.1) is 0 Å². The molecule has 5 rings (SSSR count). The number of fused-ring (bicyclic) bond motifs is 1. The maximum absolute atomic E-state index is 12.5. The van der Waals surface area contributed by atoms with Crippen molar-refractivity contribution in [3.05, 3.63) is 83.9 Å². The Hall–Kier alpha value is -3.46. The van der Waals surface area contributed by atoms with Crippen LogP contribution in [0.1, 0.15) is 108 Å². The summed E-state index contributed by atoms with van der Waals surface area (Å²) in [5.41, 5.74) is 14.3. The number of nitrogens with two attached hydrogens (primary N) is 1. The lowest BCUT2D eigenvalue weighted by Gasteiger charge is -2.18. The average Bonchev–Trinajstić information content (AvgIpc) is 3.86. The minimum Gasteiger partial charge on any atom is -0.383 e. The summed E-state index contributed by atoms with van der Waals surface area (Å²) in [6.07, 6.45) is 15.3. The molecule has 0 bridgehead atoms. The van der Waals surface area contributed by atoms with E-state index >= 15 is 0 Å². The molecule has 0 unspecified atom stereocenters. The maximum Gasteiger partial charge on any atom is 0.250 e. The van der Waals surface area contributed by atoms with E-state index in [1.54, 1.807) is 0 Å². The molecule has 0 spiro atoms. The van der Waals surface area contributed by atoms with Crippen LogP contribution in [0.25, 0.3) is 33.0 Å². The van der Waals surface area contributed by atoms with Gasteiger partial charge in [-0.1, -0.05) is 126 Å². The summed E-state index contributed by atoms with van der Waals surface area (Å²) in [5.74, 6) is 0.272. The molecule has 2 saturated carbocycles. The number of carbonyl (C=O) groups is 1. The quantitative estimate of drug-likeness (QED) is 0.231. The van der Waals surface area contributed by atoms with Gasteiger partial charge in [0.25, 0.3) is 5.91 Å². The van der Waals surface area contributed by atoms with Crippen LogP contribution in [0.5, 0.6) is 0 Å². The van der Waals surface area contributed by atoms with Crippen LogP contribution in [0.2, 0.25) is 0 Å². The van der Waals surface area contributed by atoms with E-state index in [0.29, 0.717) is 5.84 Å². The molecule has 3 heteroatoms. The average molecular weight is 535 g/mol. The Kier molecular flexibility index (Phi) is 10.5. The van der Waals surface area contributed by atoms with Crippen LogP contribution in [-0.4, -0.2) is 11.7 Å². The molecular formula is C37H46N2O. The fourth-order valence-corrected chi connectivity index (χ4v) is 5.51. The fraction of sp³-hybridized carbons (Fsp3) is 0.405. The van der Waals surface area contributed by atoms with Gasteiger partial charge in [0.2, 0.25) is 0 Å². The van der Waals surface area contributed by atoms with Gasteiger partial charge in [0, 0.05) is 11.5 Å². The number of carbonyl (C=O) groups excluding carboxylic acids is 1. The van der Waals surface area contributed by atoms with Gasteiger partial charge < -0.3 is 5.73 Å². The number of hydrogen-bond acceptors (Lipinski definition) is 1. The van der Waals surface area contributed by atoms with Crippen molar-refractivity contribution in [1.29, 1.82) is 0 Å². The van der Waals surface area contributed by atoms with Crippen LogP contribution in [0.15, 0.2) is 72.2 Å². The Morgan fingerprint density at radius 1 is 0.925 bits per heavy atom. The summed E-state index contributed by atoms with van der Waals surface area (Å²) in [7, 11) is 0. The van der Waals surface area contributed by atoms with Crippen LogP contribution in [-0.2, 0) is 4.79 Å². The van der Waals surface area contributed by atoms with E-state index in [9.17, 15) is 4.79 Å². The van der Waals surface area contributed by atoms with Gasteiger partial charge in [-0.3, -0.25) is 4.79 Å². The molecule has 3 aromatic carbocycles. The van der Waals surface area contributed by atoms with Crippen LogP contribution < -0.4 is 5.73 Å². The van der Waals surface area contributed by atoms with Crippen molar-refractivity contribution in [2.24, 2.45) is 16.6 Å². The second kappa shape index (κ2) is 14.3. The number of aliphatic imine (C=N–C) groups is 1. The van der Waals surface area contributed by atoms with Gasteiger partial charge in [-0.2, -0.15) is 4.99 Å². The Labute approximate surface area is 241 Å². The molecule has 40 heavy (non-hydrogen) atoms. The molecule has 1 amide bonds. The third-order valence-corrected chi connectivity index (χ3v) is 7.82. The summed E-state index contributed by atoms with van der Waals surface area (Å²) in [6.45, 7) is 10.8. The van der Waals surface area contributed by atoms with Crippen molar-refractivity contribution in [2.45, 2.75) is 91.4 Å². The highest BCUT2D eigenvalue weighted by atomic mass is 16.1. The standard InChI is InChI=1S/C34H40N2O.C3H6/c1-5-10-25(11-6-2)32-30(23(3)4)20-19-29-22-28(18-21-31(29)32)24-14-16-26(17-15-24)33(35)36-34(37)27-12-8-7-9-13-27;1-2-3-1/h10,14-22,27H,3,5-9,11-13H2,1-2,4H3,(H2,35,36,37);1-3H2/b25-10+;. The van der Waals surface area contributed by atoms with Crippen molar-refractivity contribution in [3.63, 3.8) is 0 Å². The number of benzene rings is 3. The Bertz CT molecular complexity index is 1380. The topological polar surface area (TPSA) is 55.4 Å². The molecule has 0 atom stereocenters. The number of amides is 1. The Morgan fingerprint density at radius 2 is 1.57 bits per heavy atom. The molecule has 3 nitrogen and oxygen atoms in total. The van der Waals surface area contributed by atoms with E-state index in [1.165, 1.54) is 53.2 Å². The molecule has 0 heterocycles. The second-order valence-corrected chi connectivity index (χ2v) is 11.4. The van der Waals surface area contributed by atoms with Crippen molar-refractivity contribution in [2.75, 3.05) is 0 Å². The van der Waals surface area contributed by atoms with Crippen LogP contribution in [0, 0.1) is 5.92 Å². The number of nitrogens with zero attached hydrogens (tertiary/aromatic N) is 1. The van der Waals surface area contributed by atoms with Gasteiger partial charge in [-0.25, -0.2) is 0 Å². The van der Waals surface area contributed by atoms with Crippen LogP contribution in [0.3, 0.4) is 0 Å². The van der Waals surface area contributed by atoms with Gasteiger partial charge in [0.1, 0.15) is 5.84 Å². The molecule has 2 aliphatic rings. The molecule has 0 aromatic heterocycles. The molecule has 210 valence electrons. The van der Waals surface area contributed by atoms with Crippen LogP contribution >= 0.6 is 0 Å². The van der Waals surface area contributed by atoms with Crippen molar-refractivity contribution in [1.82, 2.24) is 0 Å². The molecule has 0 radical (unpaired) electrons. The van der Waals surface area contributed by atoms with E-state index in [1.807, 2.05) is 12.1 Å². The third kappa shape index (κ3) is 7.59. The van der Waals surface area contributed by atoms with Crippen molar-refractivity contribution in [3.8, 4) is 11.1 Å². The first-order valence-corrected chi connectivity index (χ1v) is 15.3. The molecule has 2 fully saturated rings. The number of amidine groups is 1. The maximum atomic E-state index is 12.5. The first-order chi connectivity index (χ1) is 19.4. The van der Waals surface area contributed by atoms with Crippen molar-refractivity contribution >= 4 is 33.7 Å². The van der Waals surface area contributed by atoms with E-state index in [-0.39, 0.29) is 11.8 Å². The highest BCUT2D eigenvalue weighted by molar-refractivity contribution is 6.05. The second-order valence-electron chi connectivity index (χ2n) is 11.4. The lowest BCUT2D eigenvalue weighted by Crippen LogP contribution is -2.21. The van der Waals surface area contributed by atoms with E-state index in [0.717, 1.165) is 67.2 Å². The van der Waals surface area contributed by atoms with Crippen LogP contribution in [0.4, 0.5) is 0 Å². The smallest absolute Gasteiger partial charge is 0.250 e. The van der Waals surface area contributed by atoms with Gasteiger partial charge >= 0.3 is 0 Å². The fourth-order valence-electron chi connectivity index (χ4n) is 5.51. The van der Waals surface area contributed by atoms with E-state index in [2.05, 4.69) is 80.9 Å². The lowest BCUT2D eigenvalue weighted by molar-refractivity contribution is -0.122. The Morgan fingerprint density at radius 3 is 2.17 bits per heavy atom. The van der Waals surface area contributed by atoms with Gasteiger partial charge in [-0.05, 0) is 77.3 Å². The number of allylic oxidation sites excluding steroid dienone is 3. The first kappa shape index (κ1) is 29.5. The normalized spacial score (nSPS) is 15.9. The molecule has 2 N–H and O–H groups in total. The minimum absolute atomic E-state index is 0.0319.